The molecule has 1 amide bonds. The van der Waals surface area contributed by atoms with E-state index in [1.807, 2.05) is 44.2 Å². The summed E-state index contributed by atoms with van der Waals surface area (Å²) < 4.78 is 3.25. The monoisotopic (exact) mass is 311 g/mol. The molecule has 1 atom stereocenters. The molecular formula is C15H17N7O. The molecule has 0 radical (unpaired) electrons. The van der Waals surface area contributed by atoms with Crippen LogP contribution in [0.25, 0.3) is 5.69 Å². The molecule has 0 aliphatic rings. The second kappa shape index (κ2) is 6.39. The highest BCUT2D eigenvalue weighted by molar-refractivity contribution is 5.92. The maximum absolute atomic E-state index is 12.5. The van der Waals surface area contributed by atoms with Crippen molar-refractivity contribution < 1.29 is 4.79 Å². The van der Waals surface area contributed by atoms with Crippen LogP contribution in [-0.4, -0.2) is 35.7 Å². The fourth-order valence-corrected chi connectivity index (χ4v) is 2.34. The van der Waals surface area contributed by atoms with Crippen LogP contribution in [0.3, 0.4) is 0 Å². The van der Waals surface area contributed by atoms with Crippen molar-refractivity contribution in [3.05, 3.63) is 54.4 Å². The van der Waals surface area contributed by atoms with Gasteiger partial charge < -0.3 is 5.32 Å². The van der Waals surface area contributed by atoms with Crippen LogP contribution >= 0.6 is 0 Å². The molecule has 8 nitrogen and oxygen atoms in total. The zero-order valence-electron chi connectivity index (χ0n) is 12.9. The molecule has 3 rings (SSSR count). The van der Waals surface area contributed by atoms with Gasteiger partial charge in [0.2, 0.25) is 0 Å². The Kier molecular flexibility index (Phi) is 4.13. The first-order valence-corrected chi connectivity index (χ1v) is 7.35. The lowest BCUT2D eigenvalue weighted by atomic mass is 10.2. The van der Waals surface area contributed by atoms with E-state index in [1.165, 1.54) is 17.2 Å². The quantitative estimate of drug-likeness (QED) is 0.768. The van der Waals surface area contributed by atoms with Crippen LogP contribution in [0.5, 0.6) is 0 Å². The van der Waals surface area contributed by atoms with Gasteiger partial charge in [-0.2, -0.15) is 5.10 Å². The van der Waals surface area contributed by atoms with E-state index in [0.717, 1.165) is 5.69 Å². The van der Waals surface area contributed by atoms with Gasteiger partial charge in [0.1, 0.15) is 12.2 Å². The van der Waals surface area contributed by atoms with E-state index in [1.54, 1.807) is 4.68 Å². The molecule has 1 aromatic carbocycles. The Bertz CT molecular complexity index is 793. The van der Waals surface area contributed by atoms with Crippen molar-refractivity contribution in [1.29, 1.82) is 0 Å². The van der Waals surface area contributed by atoms with Gasteiger partial charge in [-0.3, -0.25) is 4.79 Å². The molecule has 8 heteroatoms. The second-order valence-corrected chi connectivity index (χ2v) is 5.00. The minimum atomic E-state index is -0.274. The first-order chi connectivity index (χ1) is 11.2. The Balaban J connectivity index is 1.81. The summed E-state index contributed by atoms with van der Waals surface area (Å²) in [5.74, 6) is 0.441. The van der Waals surface area contributed by atoms with Crippen molar-refractivity contribution in [2.45, 2.75) is 26.4 Å². The molecule has 0 unspecified atom stereocenters. The molecule has 0 aliphatic heterocycles. The first kappa shape index (κ1) is 14.9. The standard InChI is InChI=1S/C15H17N7O/c1-3-21-14(16-10-18-21)11(2)19-15(23)13-9-17-20-22(13)12-7-5-4-6-8-12/h4-11H,3H2,1-2H3,(H,19,23)/t11-/m0/s1. The molecule has 0 saturated carbocycles. The number of hydrogen-bond acceptors (Lipinski definition) is 5. The number of aryl methyl sites for hydroxylation is 1. The third-order valence-electron chi connectivity index (χ3n) is 3.46. The smallest absolute Gasteiger partial charge is 0.272 e. The molecule has 0 aliphatic carbocycles. The van der Waals surface area contributed by atoms with Crippen LogP contribution in [-0.2, 0) is 6.54 Å². The lowest BCUT2D eigenvalue weighted by molar-refractivity contribution is 0.0929. The van der Waals surface area contributed by atoms with Gasteiger partial charge in [-0.15, -0.1) is 5.10 Å². The highest BCUT2D eigenvalue weighted by atomic mass is 16.2. The highest BCUT2D eigenvalue weighted by Gasteiger charge is 2.19. The van der Waals surface area contributed by atoms with Crippen molar-refractivity contribution in [2.75, 3.05) is 0 Å². The number of nitrogens with zero attached hydrogens (tertiary/aromatic N) is 6. The van der Waals surface area contributed by atoms with Gasteiger partial charge in [-0.05, 0) is 26.0 Å². The highest BCUT2D eigenvalue weighted by Crippen LogP contribution is 2.12. The molecule has 2 aromatic heterocycles. The number of hydrogen-bond donors (Lipinski definition) is 1. The first-order valence-electron chi connectivity index (χ1n) is 7.35. The van der Waals surface area contributed by atoms with Gasteiger partial charge in [0, 0.05) is 6.54 Å². The predicted molar refractivity (Wildman–Crippen MR) is 82.9 cm³/mol. The maximum Gasteiger partial charge on any atom is 0.272 e. The van der Waals surface area contributed by atoms with Gasteiger partial charge in [0.15, 0.2) is 5.69 Å². The molecular weight excluding hydrogens is 294 g/mol. The molecule has 0 fully saturated rings. The van der Waals surface area contributed by atoms with Crippen molar-refractivity contribution >= 4 is 5.91 Å². The van der Waals surface area contributed by atoms with E-state index in [0.29, 0.717) is 18.1 Å². The van der Waals surface area contributed by atoms with Crippen molar-refractivity contribution in [3.63, 3.8) is 0 Å². The summed E-state index contributed by atoms with van der Waals surface area (Å²) in [4.78, 5) is 16.7. The van der Waals surface area contributed by atoms with Gasteiger partial charge in [-0.25, -0.2) is 14.3 Å². The van der Waals surface area contributed by atoms with E-state index < -0.39 is 0 Å². The van der Waals surface area contributed by atoms with Crippen LogP contribution in [0, 0.1) is 0 Å². The van der Waals surface area contributed by atoms with Crippen molar-refractivity contribution in [2.24, 2.45) is 0 Å². The van der Waals surface area contributed by atoms with Crippen LogP contribution in [0.1, 0.15) is 36.2 Å². The number of aromatic nitrogens is 6. The fourth-order valence-electron chi connectivity index (χ4n) is 2.34. The Morgan fingerprint density at radius 1 is 1.30 bits per heavy atom. The normalized spacial score (nSPS) is 12.1. The maximum atomic E-state index is 12.5. The number of carbonyl (C=O) groups is 1. The Morgan fingerprint density at radius 3 is 2.83 bits per heavy atom. The van der Waals surface area contributed by atoms with Crippen molar-refractivity contribution in [1.82, 2.24) is 35.1 Å². The number of benzene rings is 1. The topological polar surface area (TPSA) is 90.5 Å². The summed E-state index contributed by atoms with van der Waals surface area (Å²) in [7, 11) is 0. The van der Waals surface area contributed by atoms with Crippen LogP contribution in [0.15, 0.2) is 42.9 Å². The van der Waals surface area contributed by atoms with E-state index in [4.69, 9.17) is 0 Å². The molecule has 0 spiro atoms. The Labute approximate surface area is 133 Å². The third-order valence-corrected chi connectivity index (χ3v) is 3.46. The average Bonchev–Trinajstić information content (AvgIpc) is 3.24. The molecule has 118 valence electrons. The summed E-state index contributed by atoms with van der Waals surface area (Å²) in [6, 6.07) is 9.12. The van der Waals surface area contributed by atoms with E-state index in [9.17, 15) is 4.79 Å². The second-order valence-electron chi connectivity index (χ2n) is 5.00. The van der Waals surface area contributed by atoms with Gasteiger partial charge >= 0.3 is 0 Å². The van der Waals surface area contributed by atoms with Gasteiger partial charge in [0.05, 0.1) is 17.9 Å². The summed E-state index contributed by atoms with van der Waals surface area (Å²) in [5, 5.41) is 14.8. The SMILES string of the molecule is CCn1ncnc1[C@H](C)NC(=O)c1cnnn1-c1ccccc1. The zero-order valence-corrected chi connectivity index (χ0v) is 12.9. The van der Waals surface area contributed by atoms with E-state index in [2.05, 4.69) is 25.7 Å². The summed E-state index contributed by atoms with van der Waals surface area (Å²) in [5.41, 5.74) is 1.14. The molecule has 3 aromatic rings. The van der Waals surface area contributed by atoms with Crippen molar-refractivity contribution in [3.8, 4) is 5.69 Å². The van der Waals surface area contributed by atoms with E-state index >= 15 is 0 Å². The van der Waals surface area contributed by atoms with Crippen LogP contribution in [0.4, 0.5) is 0 Å². The summed E-state index contributed by atoms with van der Waals surface area (Å²) in [6.45, 7) is 4.53. The van der Waals surface area contributed by atoms with Gasteiger partial charge in [0.25, 0.3) is 5.91 Å². The largest absolute Gasteiger partial charge is 0.341 e. The third kappa shape index (κ3) is 2.96. The Morgan fingerprint density at radius 2 is 2.09 bits per heavy atom. The summed E-state index contributed by atoms with van der Waals surface area (Å²) >= 11 is 0. The predicted octanol–water partition coefficient (Wildman–Crippen LogP) is 1.37. The molecule has 0 saturated heterocycles. The lowest BCUT2D eigenvalue weighted by Crippen LogP contribution is -2.30. The fraction of sp³-hybridized carbons (Fsp3) is 0.267. The molecule has 2 heterocycles. The minimum Gasteiger partial charge on any atom is -0.341 e. The lowest BCUT2D eigenvalue weighted by Gasteiger charge is -2.14. The number of nitrogens with one attached hydrogen (secondary N) is 1. The molecule has 0 bridgehead atoms. The number of carbonyl (C=O) groups excluding carboxylic acids is 1. The number of amides is 1. The minimum absolute atomic E-state index is 0.267. The number of rotatable bonds is 5. The molecule has 1 N–H and O–H groups in total. The van der Waals surface area contributed by atoms with E-state index in [-0.39, 0.29) is 11.9 Å². The molecule has 23 heavy (non-hydrogen) atoms. The van der Waals surface area contributed by atoms with Crippen LogP contribution < -0.4 is 5.32 Å². The zero-order chi connectivity index (χ0) is 16.2. The summed E-state index contributed by atoms with van der Waals surface area (Å²) in [6.07, 6.45) is 2.93. The van der Waals surface area contributed by atoms with Gasteiger partial charge in [-0.1, -0.05) is 23.4 Å². The van der Waals surface area contributed by atoms with Crippen LogP contribution in [0.2, 0.25) is 0 Å². The average molecular weight is 311 g/mol. The number of para-hydroxylation sites is 1. The Hall–Kier alpha value is -3.03.